The van der Waals surface area contributed by atoms with Crippen molar-refractivity contribution in [2.24, 2.45) is 11.8 Å². The van der Waals surface area contributed by atoms with E-state index < -0.39 is 0 Å². The van der Waals surface area contributed by atoms with Gasteiger partial charge in [-0.3, -0.25) is 9.69 Å². The summed E-state index contributed by atoms with van der Waals surface area (Å²) in [6.07, 6.45) is 5.09. The van der Waals surface area contributed by atoms with E-state index in [2.05, 4.69) is 34.5 Å². The summed E-state index contributed by atoms with van der Waals surface area (Å²) >= 11 is 0. The second-order valence-electron chi connectivity index (χ2n) is 7.23. The first kappa shape index (κ1) is 17.2. The summed E-state index contributed by atoms with van der Waals surface area (Å²) in [6, 6.07) is 10.4. The predicted octanol–water partition coefficient (Wildman–Crippen LogP) is 2.34. The molecule has 1 aliphatic carbocycles. The Bertz CT molecular complexity index is 581. The van der Waals surface area contributed by atoms with Crippen molar-refractivity contribution in [3.05, 3.63) is 47.5 Å². The Morgan fingerprint density at radius 2 is 2.04 bits per heavy atom. The highest BCUT2D eigenvalue weighted by molar-refractivity contribution is 5.88. The van der Waals surface area contributed by atoms with E-state index in [4.69, 9.17) is 0 Å². The maximum atomic E-state index is 12.3. The highest BCUT2D eigenvalue weighted by Gasteiger charge is 2.30. The minimum atomic E-state index is -0.00980. The Balaban J connectivity index is 1.58. The van der Waals surface area contributed by atoms with E-state index >= 15 is 0 Å². The van der Waals surface area contributed by atoms with Crippen molar-refractivity contribution in [1.82, 2.24) is 10.2 Å². The second-order valence-corrected chi connectivity index (χ2v) is 7.23. The number of benzene rings is 1. The first-order valence-corrected chi connectivity index (χ1v) is 9.01. The molecule has 0 spiro atoms. The largest absolute Gasteiger partial charge is 0.396 e. The molecule has 1 amide bonds. The molecule has 1 aromatic rings. The summed E-state index contributed by atoms with van der Waals surface area (Å²) in [6.45, 7) is 4.83. The van der Waals surface area contributed by atoms with Crippen LogP contribution in [0.1, 0.15) is 31.7 Å². The van der Waals surface area contributed by atoms with Crippen molar-refractivity contribution in [2.45, 2.75) is 38.8 Å². The highest BCUT2D eigenvalue weighted by Crippen LogP contribution is 2.35. The van der Waals surface area contributed by atoms with Gasteiger partial charge in [-0.05, 0) is 44.2 Å². The molecule has 2 fully saturated rings. The second kappa shape index (κ2) is 7.95. The van der Waals surface area contributed by atoms with Gasteiger partial charge in [0.25, 0.3) is 0 Å². The third-order valence-electron chi connectivity index (χ3n) is 5.23. The Kier molecular flexibility index (Phi) is 5.69. The van der Waals surface area contributed by atoms with Gasteiger partial charge < -0.3 is 10.4 Å². The number of amides is 1. The Morgan fingerprint density at radius 3 is 2.71 bits per heavy atom. The van der Waals surface area contributed by atoms with E-state index in [0.717, 1.165) is 26.1 Å². The van der Waals surface area contributed by atoms with Crippen LogP contribution in [0.25, 0.3) is 0 Å². The molecule has 0 aromatic heterocycles. The summed E-state index contributed by atoms with van der Waals surface area (Å²) in [5.74, 6) is 0.755. The van der Waals surface area contributed by atoms with Gasteiger partial charge in [0.1, 0.15) is 0 Å². The standard InChI is InChI=1S/C20H28N2O2/c1-15(17-7-8-17)11-20(24)21-19-13-22(10-9-18(19)14-23)12-16-5-3-2-4-6-16/h2-6,11,17-19,23H,7-10,12-14H2,1H3,(H,21,24)/b15-11-. The summed E-state index contributed by atoms with van der Waals surface area (Å²) < 4.78 is 0. The summed E-state index contributed by atoms with van der Waals surface area (Å²) in [5.41, 5.74) is 2.47. The number of carbonyl (C=O) groups is 1. The minimum absolute atomic E-state index is 0.00980. The van der Waals surface area contributed by atoms with Gasteiger partial charge >= 0.3 is 0 Å². The van der Waals surface area contributed by atoms with E-state index in [0.29, 0.717) is 5.92 Å². The topological polar surface area (TPSA) is 52.6 Å². The maximum absolute atomic E-state index is 12.3. The van der Waals surface area contributed by atoms with Crippen molar-refractivity contribution >= 4 is 5.91 Å². The zero-order chi connectivity index (χ0) is 16.9. The molecule has 2 N–H and O–H groups in total. The van der Waals surface area contributed by atoms with Crippen LogP contribution in [0.15, 0.2) is 42.0 Å². The molecular weight excluding hydrogens is 300 g/mol. The number of likely N-dealkylation sites (tertiary alicyclic amines) is 1. The molecule has 4 nitrogen and oxygen atoms in total. The van der Waals surface area contributed by atoms with E-state index in [-0.39, 0.29) is 24.5 Å². The monoisotopic (exact) mass is 328 g/mol. The fourth-order valence-corrected chi connectivity index (χ4v) is 3.52. The van der Waals surface area contributed by atoms with Gasteiger partial charge in [0.05, 0.1) is 0 Å². The molecular formula is C20H28N2O2. The van der Waals surface area contributed by atoms with Gasteiger partial charge in [-0.25, -0.2) is 0 Å². The lowest BCUT2D eigenvalue weighted by atomic mass is 9.91. The number of hydrogen-bond acceptors (Lipinski definition) is 3. The lowest BCUT2D eigenvalue weighted by molar-refractivity contribution is -0.118. The Hall–Kier alpha value is -1.65. The van der Waals surface area contributed by atoms with Crippen molar-refractivity contribution in [3.8, 4) is 0 Å². The van der Waals surface area contributed by atoms with Gasteiger partial charge in [-0.2, -0.15) is 0 Å². The predicted molar refractivity (Wildman–Crippen MR) is 95.3 cm³/mol. The van der Waals surface area contributed by atoms with Crippen LogP contribution in [0.2, 0.25) is 0 Å². The number of aliphatic hydroxyl groups is 1. The van der Waals surface area contributed by atoms with Crippen LogP contribution in [0.5, 0.6) is 0 Å². The summed E-state index contributed by atoms with van der Waals surface area (Å²) in [7, 11) is 0. The van der Waals surface area contributed by atoms with Gasteiger partial charge in [-0.15, -0.1) is 0 Å². The number of allylic oxidation sites excluding steroid dienone is 1. The number of hydrogen-bond donors (Lipinski definition) is 2. The number of rotatable bonds is 6. The van der Waals surface area contributed by atoms with Crippen LogP contribution in [0.3, 0.4) is 0 Å². The molecule has 2 atom stereocenters. The maximum Gasteiger partial charge on any atom is 0.244 e. The normalized spacial score (nSPS) is 25.5. The van der Waals surface area contributed by atoms with Crippen molar-refractivity contribution in [2.75, 3.05) is 19.7 Å². The van der Waals surface area contributed by atoms with Crippen molar-refractivity contribution in [3.63, 3.8) is 0 Å². The van der Waals surface area contributed by atoms with Crippen LogP contribution in [0.4, 0.5) is 0 Å². The van der Waals surface area contributed by atoms with Crippen LogP contribution in [0, 0.1) is 11.8 Å². The van der Waals surface area contributed by atoms with E-state index in [1.165, 1.54) is 24.0 Å². The van der Waals surface area contributed by atoms with E-state index in [9.17, 15) is 9.90 Å². The molecule has 2 aliphatic rings. The quantitative estimate of drug-likeness (QED) is 0.788. The molecule has 130 valence electrons. The molecule has 0 radical (unpaired) electrons. The zero-order valence-electron chi connectivity index (χ0n) is 14.4. The van der Waals surface area contributed by atoms with Crippen molar-refractivity contribution in [1.29, 1.82) is 0 Å². The fraction of sp³-hybridized carbons (Fsp3) is 0.550. The summed E-state index contributed by atoms with van der Waals surface area (Å²) in [5, 5.41) is 12.8. The molecule has 24 heavy (non-hydrogen) atoms. The van der Waals surface area contributed by atoms with Gasteiger partial charge in [0.15, 0.2) is 0 Å². The molecule has 1 heterocycles. The molecule has 3 rings (SSSR count). The smallest absolute Gasteiger partial charge is 0.244 e. The third kappa shape index (κ3) is 4.68. The lowest BCUT2D eigenvalue weighted by Gasteiger charge is -2.38. The number of carbonyl (C=O) groups excluding carboxylic acids is 1. The average Bonchev–Trinajstić information content (AvgIpc) is 3.41. The fourth-order valence-electron chi connectivity index (χ4n) is 3.52. The number of nitrogens with one attached hydrogen (secondary N) is 1. The third-order valence-corrected chi connectivity index (χ3v) is 5.23. The van der Waals surface area contributed by atoms with Crippen LogP contribution in [-0.4, -0.2) is 41.7 Å². The molecule has 2 unspecified atom stereocenters. The number of piperidine rings is 1. The first-order valence-electron chi connectivity index (χ1n) is 9.01. The Labute approximate surface area is 144 Å². The van der Waals surface area contributed by atoms with Crippen LogP contribution < -0.4 is 5.32 Å². The number of nitrogens with zero attached hydrogens (tertiary/aromatic N) is 1. The highest BCUT2D eigenvalue weighted by atomic mass is 16.3. The molecule has 1 saturated carbocycles. The molecule has 1 aromatic carbocycles. The molecule has 1 saturated heterocycles. The van der Waals surface area contributed by atoms with Gasteiger partial charge in [0, 0.05) is 37.7 Å². The molecule has 0 bridgehead atoms. The van der Waals surface area contributed by atoms with Gasteiger partial charge in [0.2, 0.25) is 5.91 Å². The molecule has 1 aliphatic heterocycles. The summed E-state index contributed by atoms with van der Waals surface area (Å²) in [4.78, 5) is 14.7. The van der Waals surface area contributed by atoms with E-state index in [1.807, 2.05) is 13.0 Å². The van der Waals surface area contributed by atoms with Crippen LogP contribution in [-0.2, 0) is 11.3 Å². The number of aliphatic hydroxyl groups excluding tert-OH is 1. The Morgan fingerprint density at radius 1 is 1.29 bits per heavy atom. The van der Waals surface area contributed by atoms with Crippen molar-refractivity contribution < 1.29 is 9.90 Å². The average molecular weight is 328 g/mol. The first-order chi connectivity index (χ1) is 11.7. The molecule has 4 heteroatoms. The van der Waals surface area contributed by atoms with E-state index in [1.54, 1.807) is 6.08 Å². The SMILES string of the molecule is C/C(=C/C(=O)NC1CN(Cc2ccccc2)CCC1CO)C1CC1. The van der Waals surface area contributed by atoms with Crippen LogP contribution >= 0.6 is 0 Å². The van der Waals surface area contributed by atoms with Gasteiger partial charge in [-0.1, -0.05) is 35.9 Å². The minimum Gasteiger partial charge on any atom is -0.396 e. The lowest BCUT2D eigenvalue weighted by Crippen LogP contribution is -2.53. The zero-order valence-corrected chi connectivity index (χ0v) is 14.4.